The Morgan fingerprint density at radius 1 is 1.15 bits per heavy atom. The van der Waals surface area contributed by atoms with Crippen molar-refractivity contribution in [3.05, 3.63) is 53.7 Å². The Bertz CT molecular complexity index is 564. The molecule has 1 N–H and O–H groups in total. The molecular weight excluding hydrogens is 248 g/mol. The SMILES string of the molecule is CCN(CC)C(O)c1cccc(-c2ncccc2C)c1. The van der Waals surface area contributed by atoms with E-state index in [1.54, 1.807) is 6.20 Å². The van der Waals surface area contributed by atoms with Gasteiger partial charge in [0.05, 0.1) is 5.69 Å². The number of nitrogens with zero attached hydrogens (tertiary/aromatic N) is 2. The first-order valence-corrected chi connectivity index (χ1v) is 7.11. The summed E-state index contributed by atoms with van der Waals surface area (Å²) in [5, 5.41) is 10.4. The van der Waals surface area contributed by atoms with E-state index in [4.69, 9.17) is 0 Å². The highest BCUT2D eigenvalue weighted by Gasteiger charge is 2.15. The Morgan fingerprint density at radius 2 is 1.90 bits per heavy atom. The Balaban J connectivity index is 2.36. The summed E-state index contributed by atoms with van der Waals surface area (Å²) in [5.41, 5.74) is 4.08. The lowest BCUT2D eigenvalue weighted by atomic mass is 10.0. The Morgan fingerprint density at radius 3 is 2.55 bits per heavy atom. The first kappa shape index (κ1) is 14.7. The van der Waals surface area contributed by atoms with Gasteiger partial charge >= 0.3 is 0 Å². The standard InChI is InChI=1S/C17H22N2O/c1-4-19(5-2)17(20)15-10-6-9-14(12-15)16-13(3)8-7-11-18-16/h6-12,17,20H,4-5H2,1-3H3. The molecule has 1 aromatic heterocycles. The van der Waals surface area contributed by atoms with Gasteiger partial charge in [0.2, 0.25) is 0 Å². The van der Waals surface area contributed by atoms with Gasteiger partial charge in [0.15, 0.2) is 0 Å². The lowest BCUT2D eigenvalue weighted by molar-refractivity contribution is 0.00905. The molecule has 2 rings (SSSR count). The third kappa shape index (κ3) is 3.06. The van der Waals surface area contributed by atoms with Crippen LogP contribution in [0.2, 0.25) is 0 Å². The van der Waals surface area contributed by atoms with E-state index in [2.05, 4.69) is 31.8 Å². The minimum Gasteiger partial charge on any atom is -0.374 e. The van der Waals surface area contributed by atoms with Crippen molar-refractivity contribution in [1.82, 2.24) is 9.88 Å². The van der Waals surface area contributed by atoms with Crippen LogP contribution < -0.4 is 0 Å². The first-order valence-electron chi connectivity index (χ1n) is 7.11. The Labute approximate surface area is 120 Å². The minimum atomic E-state index is -0.561. The number of hydrogen-bond donors (Lipinski definition) is 1. The van der Waals surface area contributed by atoms with Gasteiger partial charge in [-0.15, -0.1) is 0 Å². The number of pyridine rings is 1. The van der Waals surface area contributed by atoms with Crippen LogP contribution in [0.1, 0.15) is 31.2 Å². The largest absolute Gasteiger partial charge is 0.374 e. The van der Waals surface area contributed by atoms with Crippen LogP contribution in [0.5, 0.6) is 0 Å². The van der Waals surface area contributed by atoms with Crippen molar-refractivity contribution in [2.24, 2.45) is 0 Å². The van der Waals surface area contributed by atoms with Crippen LogP contribution in [0, 0.1) is 6.92 Å². The number of aliphatic hydroxyl groups excluding tert-OH is 1. The number of hydrogen-bond acceptors (Lipinski definition) is 3. The maximum Gasteiger partial charge on any atom is 0.133 e. The predicted molar refractivity (Wildman–Crippen MR) is 82.3 cm³/mol. The van der Waals surface area contributed by atoms with Gasteiger partial charge in [-0.2, -0.15) is 0 Å². The molecule has 0 bridgehead atoms. The summed E-state index contributed by atoms with van der Waals surface area (Å²) >= 11 is 0. The zero-order valence-corrected chi connectivity index (χ0v) is 12.4. The van der Waals surface area contributed by atoms with Gasteiger partial charge in [-0.05, 0) is 43.3 Å². The molecule has 0 radical (unpaired) electrons. The van der Waals surface area contributed by atoms with Gasteiger partial charge in [-0.1, -0.05) is 38.1 Å². The lowest BCUT2D eigenvalue weighted by Crippen LogP contribution is -2.28. The van der Waals surface area contributed by atoms with Crippen LogP contribution in [0.4, 0.5) is 0 Å². The highest BCUT2D eigenvalue weighted by Crippen LogP contribution is 2.25. The van der Waals surface area contributed by atoms with Crippen LogP contribution in [0.25, 0.3) is 11.3 Å². The summed E-state index contributed by atoms with van der Waals surface area (Å²) in [7, 11) is 0. The van der Waals surface area contributed by atoms with Gasteiger partial charge in [-0.3, -0.25) is 9.88 Å². The van der Waals surface area contributed by atoms with Crippen LogP contribution in [0.3, 0.4) is 0 Å². The van der Waals surface area contributed by atoms with E-state index in [9.17, 15) is 5.11 Å². The zero-order chi connectivity index (χ0) is 14.5. The molecule has 0 aliphatic carbocycles. The van der Waals surface area contributed by atoms with Crippen molar-refractivity contribution in [2.45, 2.75) is 27.0 Å². The quantitative estimate of drug-likeness (QED) is 0.846. The minimum absolute atomic E-state index is 0.561. The summed E-state index contributed by atoms with van der Waals surface area (Å²) in [5.74, 6) is 0. The lowest BCUT2D eigenvalue weighted by Gasteiger charge is -2.25. The van der Waals surface area contributed by atoms with Crippen molar-refractivity contribution >= 4 is 0 Å². The van der Waals surface area contributed by atoms with Crippen molar-refractivity contribution in [2.75, 3.05) is 13.1 Å². The van der Waals surface area contributed by atoms with E-state index in [-0.39, 0.29) is 0 Å². The molecule has 106 valence electrons. The molecule has 0 saturated heterocycles. The number of aromatic nitrogens is 1. The highest BCUT2D eigenvalue weighted by molar-refractivity contribution is 5.63. The van der Waals surface area contributed by atoms with E-state index in [1.807, 2.05) is 35.2 Å². The fraction of sp³-hybridized carbons (Fsp3) is 0.353. The van der Waals surface area contributed by atoms with E-state index in [1.165, 1.54) is 0 Å². The molecule has 0 aliphatic rings. The van der Waals surface area contributed by atoms with Gasteiger partial charge in [0.25, 0.3) is 0 Å². The van der Waals surface area contributed by atoms with E-state index in [0.717, 1.165) is 35.5 Å². The molecule has 1 heterocycles. The van der Waals surface area contributed by atoms with Crippen LogP contribution in [-0.4, -0.2) is 28.1 Å². The van der Waals surface area contributed by atoms with Crippen molar-refractivity contribution in [3.8, 4) is 11.3 Å². The smallest absolute Gasteiger partial charge is 0.133 e. The molecule has 0 saturated carbocycles. The molecule has 3 nitrogen and oxygen atoms in total. The van der Waals surface area contributed by atoms with Crippen LogP contribution in [-0.2, 0) is 0 Å². The fourth-order valence-electron chi connectivity index (χ4n) is 2.41. The maximum absolute atomic E-state index is 10.4. The topological polar surface area (TPSA) is 36.4 Å². The average Bonchev–Trinajstić information content (AvgIpc) is 2.49. The molecule has 2 aromatic rings. The van der Waals surface area contributed by atoms with E-state index >= 15 is 0 Å². The van der Waals surface area contributed by atoms with Crippen molar-refractivity contribution < 1.29 is 5.11 Å². The van der Waals surface area contributed by atoms with Crippen molar-refractivity contribution in [1.29, 1.82) is 0 Å². The number of aryl methyl sites for hydroxylation is 1. The normalized spacial score (nSPS) is 12.7. The molecule has 0 fully saturated rings. The third-order valence-electron chi connectivity index (χ3n) is 3.63. The second kappa shape index (κ2) is 6.64. The highest BCUT2D eigenvalue weighted by atomic mass is 16.3. The van der Waals surface area contributed by atoms with Crippen LogP contribution in [0.15, 0.2) is 42.6 Å². The summed E-state index contributed by atoms with van der Waals surface area (Å²) in [6, 6.07) is 12.0. The maximum atomic E-state index is 10.4. The first-order chi connectivity index (χ1) is 9.67. The van der Waals surface area contributed by atoms with Gasteiger partial charge in [0, 0.05) is 11.8 Å². The fourth-order valence-corrected chi connectivity index (χ4v) is 2.41. The molecule has 0 aliphatic heterocycles. The summed E-state index contributed by atoms with van der Waals surface area (Å²) in [6.07, 6.45) is 1.24. The second-order valence-corrected chi connectivity index (χ2v) is 4.89. The van der Waals surface area contributed by atoms with E-state index in [0.29, 0.717) is 0 Å². The third-order valence-corrected chi connectivity index (χ3v) is 3.63. The van der Waals surface area contributed by atoms with E-state index < -0.39 is 6.23 Å². The molecule has 1 unspecified atom stereocenters. The van der Waals surface area contributed by atoms with Crippen LogP contribution >= 0.6 is 0 Å². The molecule has 1 aromatic carbocycles. The number of rotatable bonds is 5. The van der Waals surface area contributed by atoms with Gasteiger partial charge in [-0.25, -0.2) is 0 Å². The summed E-state index contributed by atoms with van der Waals surface area (Å²) < 4.78 is 0. The molecule has 3 heteroatoms. The Hall–Kier alpha value is -1.71. The summed E-state index contributed by atoms with van der Waals surface area (Å²) in [6.45, 7) is 7.81. The van der Waals surface area contributed by atoms with Gasteiger partial charge in [0.1, 0.15) is 6.23 Å². The predicted octanol–water partition coefficient (Wildman–Crippen LogP) is 3.39. The molecular formula is C17H22N2O. The monoisotopic (exact) mass is 270 g/mol. The van der Waals surface area contributed by atoms with Gasteiger partial charge < -0.3 is 5.11 Å². The second-order valence-electron chi connectivity index (χ2n) is 4.89. The average molecular weight is 270 g/mol. The molecule has 20 heavy (non-hydrogen) atoms. The molecule has 1 atom stereocenters. The Kier molecular flexibility index (Phi) is 4.88. The zero-order valence-electron chi connectivity index (χ0n) is 12.4. The molecule has 0 spiro atoms. The molecule has 0 amide bonds. The number of aliphatic hydroxyl groups is 1. The summed E-state index contributed by atoms with van der Waals surface area (Å²) in [4.78, 5) is 6.46. The van der Waals surface area contributed by atoms with Crippen molar-refractivity contribution in [3.63, 3.8) is 0 Å². The number of benzene rings is 1.